The van der Waals surface area contributed by atoms with Gasteiger partial charge in [0.2, 0.25) is 10.9 Å². The van der Waals surface area contributed by atoms with E-state index >= 15 is 0 Å². The quantitative estimate of drug-likeness (QED) is 0.153. The fourth-order valence-electron chi connectivity index (χ4n) is 3.91. The van der Waals surface area contributed by atoms with Gasteiger partial charge in [-0.2, -0.15) is 0 Å². The second-order valence-electron chi connectivity index (χ2n) is 7.62. The molecule has 4 aromatic carbocycles. The summed E-state index contributed by atoms with van der Waals surface area (Å²) < 4.78 is 1.80. The normalized spacial score (nSPS) is 8.36. The van der Waals surface area contributed by atoms with E-state index in [1.165, 1.54) is 0 Å². The zero-order valence-corrected chi connectivity index (χ0v) is 36.9. The third-order valence-electron chi connectivity index (χ3n) is 5.53. The topological polar surface area (TPSA) is 59.9 Å². The van der Waals surface area contributed by atoms with Gasteiger partial charge in [-0.3, -0.25) is 19.6 Å². The Kier molecular flexibility index (Phi) is 37.7. The van der Waals surface area contributed by atoms with E-state index in [0.717, 1.165) is 30.5 Å². The van der Waals surface area contributed by atoms with E-state index in [4.69, 9.17) is 0 Å². The lowest BCUT2D eigenvalue weighted by Gasteiger charge is -1.91. The summed E-state index contributed by atoms with van der Waals surface area (Å²) in [4.78, 5) is 33.1. The highest BCUT2D eigenvalue weighted by atomic mass is 79.9. The summed E-state index contributed by atoms with van der Waals surface area (Å²) in [6.45, 7) is 32.0. The highest BCUT2D eigenvalue weighted by molar-refractivity contribution is 9.11. The van der Waals surface area contributed by atoms with Crippen molar-refractivity contribution < 1.29 is 0 Å². The maximum absolute atomic E-state index is 12.4. The maximum Gasteiger partial charge on any atom is 0.212 e. The van der Waals surface area contributed by atoms with E-state index in [1.54, 1.807) is 12.4 Å². The van der Waals surface area contributed by atoms with Crippen molar-refractivity contribution in [1.29, 1.82) is 0 Å². The number of hydrogen-bond acceptors (Lipinski definition) is 4. The van der Waals surface area contributed by atoms with E-state index in [0.29, 0.717) is 21.8 Å². The number of rotatable bonds is 0. The zero-order valence-electron chi connectivity index (χ0n) is 33.7. The molecule has 276 valence electrons. The molecule has 0 atom stereocenters. The number of aromatic nitrogens is 2. The molecule has 0 spiro atoms. The van der Waals surface area contributed by atoms with Crippen molar-refractivity contribution in [1.82, 2.24) is 9.97 Å². The van der Waals surface area contributed by atoms with Crippen LogP contribution in [0.25, 0.3) is 43.4 Å². The van der Waals surface area contributed by atoms with Gasteiger partial charge in [0.25, 0.3) is 0 Å². The highest BCUT2D eigenvalue weighted by Gasteiger charge is 2.06. The van der Waals surface area contributed by atoms with Crippen molar-refractivity contribution in [3.63, 3.8) is 0 Å². The lowest BCUT2D eigenvalue weighted by Crippen LogP contribution is -1.99. The van der Waals surface area contributed by atoms with Crippen LogP contribution in [-0.4, -0.2) is 9.97 Å². The Bertz CT molecular complexity index is 1710. The molecule has 6 rings (SSSR count). The van der Waals surface area contributed by atoms with Crippen LogP contribution in [0.1, 0.15) is 111 Å². The molecule has 2 aromatic heterocycles. The lowest BCUT2D eigenvalue weighted by atomic mass is 10.2. The van der Waals surface area contributed by atoms with Gasteiger partial charge in [0.1, 0.15) is 11.0 Å². The Morgan fingerprint density at radius 1 is 0.380 bits per heavy atom. The van der Waals surface area contributed by atoms with Crippen LogP contribution in [0.2, 0.25) is 0 Å². The van der Waals surface area contributed by atoms with Crippen LogP contribution in [0.4, 0.5) is 0 Å². The molecule has 0 saturated carbocycles. The Balaban J connectivity index is -0.000000303. The largest absolute Gasteiger partial charge is 0.287 e. The van der Waals surface area contributed by atoms with Crippen LogP contribution in [-0.2, 0) is 0 Å². The molecule has 0 bridgehead atoms. The molecule has 4 nitrogen and oxygen atoms in total. The summed E-state index contributed by atoms with van der Waals surface area (Å²) in [6.07, 6.45) is 3.29. The van der Waals surface area contributed by atoms with Gasteiger partial charge < -0.3 is 0 Å². The zero-order chi connectivity index (χ0) is 39.7. The second-order valence-corrected chi connectivity index (χ2v) is 9.33. The first-order chi connectivity index (χ1) is 24.5. The molecule has 2 heterocycles. The van der Waals surface area contributed by atoms with Crippen molar-refractivity contribution in [2.75, 3.05) is 0 Å². The molecule has 6 heteroatoms. The van der Waals surface area contributed by atoms with Gasteiger partial charge in [0, 0.05) is 42.9 Å². The molecule has 0 aliphatic rings. The number of benzene rings is 2. The molecule has 0 saturated heterocycles. The molecule has 0 aliphatic heterocycles. The minimum Gasteiger partial charge on any atom is -0.287 e. The first-order valence-corrected chi connectivity index (χ1v) is 20.1. The Labute approximate surface area is 321 Å². The van der Waals surface area contributed by atoms with Crippen LogP contribution < -0.4 is 10.9 Å². The number of pyridine rings is 2. The van der Waals surface area contributed by atoms with Crippen LogP contribution in [0.15, 0.2) is 116 Å². The van der Waals surface area contributed by atoms with E-state index in [1.807, 2.05) is 196 Å². The fourth-order valence-corrected chi connectivity index (χ4v) is 5.06. The van der Waals surface area contributed by atoms with Gasteiger partial charge in [0.15, 0.2) is 0 Å². The highest BCUT2D eigenvalue weighted by Crippen LogP contribution is 2.24. The average Bonchev–Trinajstić information content (AvgIpc) is 3.41. The SMILES string of the molecule is CC.CC.CC.CC.CC.CC.CC.CC.O=c1c2ccccc2c(Br)cc2cccnc12.O=c1c2ccccc2cc(Br)c2cccnc12. The first kappa shape index (κ1) is 53.3. The minimum absolute atomic E-state index is 0.0260. The van der Waals surface area contributed by atoms with E-state index in [2.05, 4.69) is 41.8 Å². The van der Waals surface area contributed by atoms with E-state index in [9.17, 15) is 9.59 Å². The summed E-state index contributed by atoms with van der Waals surface area (Å²) in [7, 11) is 0. The van der Waals surface area contributed by atoms with Crippen molar-refractivity contribution in [3.05, 3.63) is 127 Å². The number of fused-ring (bicyclic) bond motifs is 4. The number of halogens is 2. The summed E-state index contributed by atoms with van der Waals surface area (Å²) in [5.74, 6) is 0. The van der Waals surface area contributed by atoms with Gasteiger partial charge >= 0.3 is 0 Å². The number of nitrogens with zero attached hydrogens (tertiary/aromatic N) is 2. The monoisotopic (exact) mass is 810 g/mol. The third-order valence-corrected chi connectivity index (χ3v) is 6.85. The van der Waals surface area contributed by atoms with E-state index < -0.39 is 0 Å². The molecular weight excluding hydrogens is 748 g/mol. The Hall–Kier alpha value is -3.48. The van der Waals surface area contributed by atoms with Gasteiger partial charge in [-0.1, -0.05) is 197 Å². The van der Waals surface area contributed by atoms with E-state index in [-0.39, 0.29) is 10.9 Å². The molecule has 0 radical (unpaired) electrons. The Morgan fingerprint density at radius 2 is 0.720 bits per heavy atom. The summed E-state index contributed by atoms with van der Waals surface area (Å²) in [5, 5.41) is 4.90. The summed E-state index contributed by atoms with van der Waals surface area (Å²) in [5.41, 5.74) is 0.957. The van der Waals surface area contributed by atoms with Crippen molar-refractivity contribution >= 4 is 75.2 Å². The van der Waals surface area contributed by atoms with Crippen molar-refractivity contribution in [2.24, 2.45) is 0 Å². The van der Waals surface area contributed by atoms with Gasteiger partial charge in [-0.25, -0.2) is 0 Å². The second kappa shape index (κ2) is 35.3. The summed E-state index contributed by atoms with van der Waals surface area (Å²) >= 11 is 7.02. The van der Waals surface area contributed by atoms with Crippen molar-refractivity contribution in [3.8, 4) is 0 Å². The molecule has 0 fully saturated rings. The standard InChI is InChI=1S/2C14H8BrNO.8C2H6/c15-12-8-9-4-3-7-16-13(9)14(17)11-6-2-1-5-10(11)12;15-12-8-9-4-1-2-5-10(9)14(17)13-11(12)6-3-7-16-13;8*1-2/h2*1-8H;8*1-2H3. The molecular formula is C44H64Br2N2O2. The lowest BCUT2D eigenvalue weighted by molar-refractivity contribution is 1.40. The Morgan fingerprint density at radius 3 is 1.26 bits per heavy atom. The molecule has 6 aromatic rings. The number of hydrogen-bond donors (Lipinski definition) is 0. The molecule has 0 amide bonds. The smallest absolute Gasteiger partial charge is 0.212 e. The predicted molar refractivity (Wildman–Crippen MR) is 237 cm³/mol. The van der Waals surface area contributed by atoms with Gasteiger partial charge in [0.05, 0.1) is 0 Å². The first-order valence-electron chi connectivity index (χ1n) is 18.5. The van der Waals surface area contributed by atoms with Crippen LogP contribution in [0.3, 0.4) is 0 Å². The minimum atomic E-state index is -0.0260. The molecule has 50 heavy (non-hydrogen) atoms. The summed E-state index contributed by atoms with van der Waals surface area (Å²) in [6, 6.07) is 26.5. The maximum atomic E-state index is 12.4. The van der Waals surface area contributed by atoms with Gasteiger partial charge in [-0.05, 0) is 41.1 Å². The predicted octanol–water partition coefficient (Wildman–Crippen LogP) is 15.2. The fraction of sp³-hybridized carbons (Fsp3) is 0.364. The molecule has 0 N–H and O–H groups in total. The molecule has 0 aliphatic carbocycles. The van der Waals surface area contributed by atoms with Crippen LogP contribution in [0.5, 0.6) is 0 Å². The van der Waals surface area contributed by atoms with Crippen LogP contribution in [0, 0.1) is 0 Å². The van der Waals surface area contributed by atoms with Gasteiger partial charge in [-0.15, -0.1) is 0 Å². The average molecular weight is 813 g/mol. The van der Waals surface area contributed by atoms with Crippen LogP contribution >= 0.6 is 31.9 Å². The van der Waals surface area contributed by atoms with Crippen molar-refractivity contribution in [2.45, 2.75) is 111 Å². The molecule has 0 unspecified atom stereocenters. The third kappa shape index (κ3) is 16.0.